The molecule has 134 valence electrons. The largest absolute Gasteiger partial charge is 0.491 e. The standard InChI is InChI=1S/C20H30O3S/c1-12(2)11-13(3)9-10-20(5,6)15-14(4)16(21)17(22-7)18(23-8)19(15)24/h9,12H,10-11H2,1-8H3/b13-9+. The number of rotatable bonds is 7. The van der Waals surface area contributed by atoms with Crippen molar-refractivity contribution in [2.75, 3.05) is 14.2 Å². The van der Waals surface area contributed by atoms with Gasteiger partial charge in [0.2, 0.25) is 11.5 Å². The molecule has 0 heterocycles. The number of ketones is 1. The first-order chi connectivity index (χ1) is 11.1. The molecule has 0 atom stereocenters. The van der Waals surface area contributed by atoms with Crippen molar-refractivity contribution in [2.45, 2.75) is 54.4 Å². The highest BCUT2D eigenvalue weighted by Crippen LogP contribution is 2.40. The summed E-state index contributed by atoms with van der Waals surface area (Å²) in [6.07, 6.45) is 4.16. The summed E-state index contributed by atoms with van der Waals surface area (Å²) in [7, 11) is 2.99. The fourth-order valence-electron chi connectivity index (χ4n) is 3.22. The van der Waals surface area contributed by atoms with Crippen molar-refractivity contribution in [2.24, 2.45) is 11.3 Å². The van der Waals surface area contributed by atoms with Crippen LogP contribution in [0.25, 0.3) is 0 Å². The molecular weight excluding hydrogens is 320 g/mol. The van der Waals surface area contributed by atoms with Gasteiger partial charge < -0.3 is 9.47 Å². The number of allylic oxidation sites excluding steroid dienone is 4. The van der Waals surface area contributed by atoms with E-state index in [2.05, 4.69) is 40.7 Å². The van der Waals surface area contributed by atoms with Crippen molar-refractivity contribution in [3.63, 3.8) is 0 Å². The molecule has 0 unspecified atom stereocenters. The molecule has 1 aliphatic carbocycles. The topological polar surface area (TPSA) is 35.5 Å². The highest BCUT2D eigenvalue weighted by molar-refractivity contribution is 7.81. The van der Waals surface area contributed by atoms with Crippen LogP contribution in [0.4, 0.5) is 0 Å². The van der Waals surface area contributed by atoms with Gasteiger partial charge in [0, 0.05) is 5.57 Å². The molecule has 0 radical (unpaired) electrons. The minimum absolute atomic E-state index is 0.145. The third-order valence-electron chi connectivity index (χ3n) is 4.34. The minimum Gasteiger partial charge on any atom is -0.491 e. The molecule has 0 aromatic rings. The van der Waals surface area contributed by atoms with E-state index in [-0.39, 0.29) is 17.0 Å². The van der Waals surface area contributed by atoms with Gasteiger partial charge in [-0.2, -0.15) is 0 Å². The Bertz CT molecular complexity index is 619. The molecule has 4 heteroatoms. The quantitative estimate of drug-likeness (QED) is 0.469. The van der Waals surface area contributed by atoms with Crippen LogP contribution in [-0.2, 0) is 14.3 Å². The summed E-state index contributed by atoms with van der Waals surface area (Å²) in [6, 6.07) is 0. The van der Waals surface area contributed by atoms with E-state index in [0.717, 1.165) is 18.4 Å². The van der Waals surface area contributed by atoms with Crippen molar-refractivity contribution >= 4 is 22.9 Å². The normalized spacial score (nSPS) is 17.1. The molecule has 24 heavy (non-hydrogen) atoms. The number of hydrogen-bond acceptors (Lipinski definition) is 4. The van der Waals surface area contributed by atoms with Crippen LogP contribution in [0.3, 0.4) is 0 Å². The van der Waals surface area contributed by atoms with Gasteiger partial charge in [0.05, 0.1) is 19.1 Å². The number of methoxy groups -OCH3 is 2. The number of Topliss-reactive ketones (excluding diaryl/α,β-unsaturated/α-hetero) is 1. The van der Waals surface area contributed by atoms with E-state index < -0.39 is 0 Å². The number of hydrogen-bond donors (Lipinski definition) is 0. The Morgan fingerprint density at radius 2 is 1.75 bits per heavy atom. The Balaban J connectivity index is 3.21. The van der Waals surface area contributed by atoms with Gasteiger partial charge in [-0.05, 0) is 43.6 Å². The van der Waals surface area contributed by atoms with Crippen LogP contribution in [0.1, 0.15) is 54.4 Å². The Morgan fingerprint density at radius 1 is 1.21 bits per heavy atom. The molecule has 3 nitrogen and oxygen atoms in total. The summed E-state index contributed by atoms with van der Waals surface area (Å²) in [5.41, 5.74) is 2.65. The number of carbonyl (C=O) groups is 1. The summed E-state index contributed by atoms with van der Waals surface area (Å²) in [5.74, 6) is 1.06. The van der Waals surface area contributed by atoms with Gasteiger partial charge in [-0.3, -0.25) is 4.79 Å². The molecular formula is C20H30O3S. The predicted molar refractivity (Wildman–Crippen MR) is 103 cm³/mol. The predicted octanol–water partition coefficient (Wildman–Crippen LogP) is 5.17. The van der Waals surface area contributed by atoms with Gasteiger partial charge in [-0.1, -0.05) is 51.6 Å². The van der Waals surface area contributed by atoms with Gasteiger partial charge in [-0.25, -0.2) is 0 Å². The zero-order valence-electron chi connectivity index (χ0n) is 16.2. The van der Waals surface area contributed by atoms with Crippen LogP contribution < -0.4 is 0 Å². The van der Waals surface area contributed by atoms with Crippen LogP contribution >= 0.6 is 12.2 Å². The Labute approximate surface area is 151 Å². The maximum Gasteiger partial charge on any atom is 0.227 e. The zero-order valence-corrected chi connectivity index (χ0v) is 17.0. The van der Waals surface area contributed by atoms with Crippen LogP contribution in [-0.4, -0.2) is 24.9 Å². The third kappa shape index (κ3) is 4.35. The van der Waals surface area contributed by atoms with Crippen molar-refractivity contribution in [3.05, 3.63) is 34.3 Å². The first-order valence-corrected chi connectivity index (χ1v) is 8.76. The fourth-order valence-corrected chi connectivity index (χ4v) is 3.82. The number of thiocarbonyl (C=S) groups is 1. The summed E-state index contributed by atoms with van der Waals surface area (Å²) in [5, 5.41) is 0. The lowest BCUT2D eigenvalue weighted by Gasteiger charge is -2.33. The molecule has 1 aliphatic rings. The van der Waals surface area contributed by atoms with E-state index in [1.54, 1.807) is 0 Å². The lowest BCUT2D eigenvalue weighted by atomic mass is 9.73. The van der Waals surface area contributed by atoms with E-state index in [1.165, 1.54) is 19.8 Å². The molecule has 0 N–H and O–H groups in total. The van der Waals surface area contributed by atoms with E-state index in [9.17, 15) is 4.79 Å². The van der Waals surface area contributed by atoms with Crippen LogP contribution in [0.2, 0.25) is 0 Å². The minimum atomic E-state index is -0.252. The maximum atomic E-state index is 12.6. The number of ether oxygens (including phenoxy) is 2. The van der Waals surface area contributed by atoms with Crippen LogP contribution in [0.15, 0.2) is 34.3 Å². The zero-order chi connectivity index (χ0) is 18.7. The summed E-state index contributed by atoms with van der Waals surface area (Å²) >= 11 is 5.63. The molecule has 1 rings (SSSR count). The molecule has 0 aromatic heterocycles. The van der Waals surface area contributed by atoms with E-state index >= 15 is 0 Å². The van der Waals surface area contributed by atoms with E-state index in [1.807, 2.05) is 6.92 Å². The number of carbonyl (C=O) groups excluding carboxylic acids is 1. The second kappa shape index (κ2) is 8.11. The summed E-state index contributed by atoms with van der Waals surface area (Å²) < 4.78 is 10.6. The van der Waals surface area contributed by atoms with Crippen molar-refractivity contribution in [1.82, 2.24) is 0 Å². The van der Waals surface area contributed by atoms with Crippen molar-refractivity contribution in [3.8, 4) is 0 Å². The lowest BCUT2D eigenvalue weighted by molar-refractivity contribution is -0.115. The first kappa shape index (κ1) is 20.6. The average molecular weight is 351 g/mol. The molecule has 0 saturated carbocycles. The molecule has 0 fully saturated rings. The van der Waals surface area contributed by atoms with Crippen LogP contribution in [0.5, 0.6) is 0 Å². The highest BCUT2D eigenvalue weighted by atomic mass is 32.1. The summed E-state index contributed by atoms with van der Waals surface area (Å²) in [6.45, 7) is 12.6. The van der Waals surface area contributed by atoms with Crippen molar-refractivity contribution < 1.29 is 14.3 Å². The second-order valence-electron chi connectivity index (χ2n) is 7.46. The van der Waals surface area contributed by atoms with E-state index in [4.69, 9.17) is 21.7 Å². The van der Waals surface area contributed by atoms with Gasteiger partial charge >= 0.3 is 0 Å². The van der Waals surface area contributed by atoms with Crippen LogP contribution in [0, 0.1) is 11.3 Å². The van der Waals surface area contributed by atoms with Crippen molar-refractivity contribution in [1.29, 1.82) is 0 Å². The molecule has 0 amide bonds. The summed E-state index contributed by atoms with van der Waals surface area (Å²) in [4.78, 5) is 13.2. The smallest absolute Gasteiger partial charge is 0.227 e. The Kier molecular flexibility index (Phi) is 6.97. The lowest BCUT2D eigenvalue weighted by Crippen LogP contribution is -2.31. The highest BCUT2D eigenvalue weighted by Gasteiger charge is 2.38. The Morgan fingerprint density at radius 3 is 2.21 bits per heavy atom. The van der Waals surface area contributed by atoms with Gasteiger partial charge in [0.15, 0.2) is 5.76 Å². The average Bonchev–Trinajstić information content (AvgIpc) is 2.48. The molecule has 0 bridgehead atoms. The molecule has 0 spiro atoms. The monoisotopic (exact) mass is 350 g/mol. The third-order valence-corrected chi connectivity index (χ3v) is 4.73. The first-order valence-electron chi connectivity index (χ1n) is 8.35. The fraction of sp³-hybridized carbons (Fsp3) is 0.600. The Hall–Kier alpha value is -1.42. The molecule has 0 saturated heterocycles. The van der Waals surface area contributed by atoms with E-state index in [0.29, 0.717) is 22.1 Å². The maximum absolute atomic E-state index is 12.6. The molecule has 0 aromatic carbocycles. The molecule has 0 aliphatic heterocycles. The van der Waals surface area contributed by atoms with Gasteiger partial charge in [0.25, 0.3) is 0 Å². The SMILES string of the molecule is COC1=C(OC)C(=S)C(C(C)(C)C/C=C(\C)CC(C)C)=C(C)C1=O. The van der Waals surface area contributed by atoms with Gasteiger partial charge in [-0.15, -0.1) is 0 Å². The second-order valence-corrected chi connectivity index (χ2v) is 7.87. The van der Waals surface area contributed by atoms with Gasteiger partial charge in [0.1, 0.15) is 0 Å².